The van der Waals surface area contributed by atoms with Crippen molar-refractivity contribution in [3.63, 3.8) is 0 Å². The van der Waals surface area contributed by atoms with E-state index in [1.54, 1.807) is 4.90 Å². The highest BCUT2D eigenvalue weighted by Crippen LogP contribution is 2.16. The molecule has 1 aliphatic heterocycles. The van der Waals surface area contributed by atoms with Gasteiger partial charge in [0.2, 0.25) is 11.8 Å². The smallest absolute Gasteiger partial charge is 0.242 e. The maximum atomic E-state index is 12.4. The Morgan fingerprint density at radius 1 is 1.05 bits per heavy atom. The number of rotatable bonds is 5. The van der Waals surface area contributed by atoms with E-state index in [0.29, 0.717) is 45.6 Å². The van der Waals surface area contributed by atoms with Crippen molar-refractivity contribution in [2.75, 3.05) is 46.8 Å². The summed E-state index contributed by atoms with van der Waals surface area (Å²) >= 11 is 0. The molecule has 0 unspecified atom stereocenters. The molecule has 20 heavy (non-hydrogen) atoms. The zero-order valence-corrected chi connectivity index (χ0v) is 13.2. The second kappa shape index (κ2) is 7.04. The molecular weight excluding hydrogens is 256 g/mol. The first kappa shape index (κ1) is 16.9. The predicted octanol–water partition coefficient (Wildman–Crippen LogP) is -0.264. The number of nitrogens with zero attached hydrogens (tertiary/aromatic N) is 3. The van der Waals surface area contributed by atoms with Gasteiger partial charge in [0.25, 0.3) is 0 Å². The molecule has 2 amide bonds. The van der Waals surface area contributed by atoms with Crippen LogP contribution in [0.15, 0.2) is 0 Å². The monoisotopic (exact) mass is 284 g/mol. The lowest BCUT2D eigenvalue weighted by Gasteiger charge is -2.39. The SMILES string of the molecule is CCC(N)(CC)C(=O)N1CCN(C(=O)CN(C)C)CC1. The summed E-state index contributed by atoms with van der Waals surface area (Å²) in [6.45, 7) is 6.66. The summed E-state index contributed by atoms with van der Waals surface area (Å²) in [5.41, 5.74) is 5.40. The third-order valence-electron chi connectivity index (χ3n) is 4.06. The average molecular weight is 284 g/mol. The lowest BCUT2D eigenvalue weighted by Crippen LogP contribution is -2.60. The molecule has 2 N–H and O–H groups in total. The van der Waals surface area contributed by atoms with Gasteiger partial charge in [-0.2, -0.15) is 0 Å². The minimum atomic E-state index is -0.754. The number of carbonyl (C=O) groups is 2. The molecule has 1 saturated heterocycles. The molecule has 0 radical (unpaired) electrons. The van der Waals surface area contributed by atoms with Gasteiger partial charge in [0, 0.05) is 26.2 Å². The Bertz CT molecular complexity index is 345. The molecule has 1 fully saturated rings. The van der Waals surface area contributed by atoms with Crippen LogP contribution in [0.2, 0.25) is 0 Å². The van der Waals surface area contributed by atoms with E-state index in [2.05, 4.69) is 0 Å². The topological polar surface area (TPSA) is 69.9 Å². The quantitative estimate of drug-likeness (QED) is 0.755. The van der Waals surface area contributed by atoms with E-state index in [4.69, 9.17) is 5.73 Å². The summed E-state index contributed by atoms with van der Waals surface area (Å²) in [5.74, 6) is 0.134. The molecule has 0 saturated carbocycles. The fraction of sp³-hybridized carbons (Fsp3) is 0.857. The van der Waals surface area contributed by atoms with E-state index >= 15 is 0 Å². The Kier molecular flexibility index (Phi) is 5.95. The van der Waals surface area contributed by atoms with E-state index in [-0.39, 0.29) is 11.8 Å². The Morgan fingerprint density at radius 2 is 1.50 bits per heavy atom. The standard InChI is InChI=1S/C14H28N4O2/c1-5-14(15,6-2)13(20)18-9-7-17(8-10-18)12(19)11-16(3)4/h5-11,15H2,1-4H3. The van der Waals surface area contributed by atoms with Crippen LogP contribution in [0.5, 0.6) is 0 Å². The molecule has 0 aromatic rings. The van der Waals surface area contributed by atoms with Crippen molar-refractivity contribution in [2.45, 2.75) is 32.2 Å². The molecule has 1 rings (SSSR count). The highest BCUT2D eigenvalue weighted by molar-refractivity contribution is 5.86. The van der Waals surface area contributed by atoms with E-state index in [0.717, 1.165) is 0 Å². The van der Waals surface area contributed by atoms with Crippen LogP contribution >= 0.6 is 0 Å². The Morgan fingerprint density at radius 3 is 1.90 bits per heavy atom. The maximum Gasteiger partial charge on any atom is 0.242 e. The van der Waals surface area contributed by atoms with Gasteiger partial charge in [-0.25, -0.2) is 0 Å². The Labute approximate surface area is 121 Å². The van der Waals surface area contributed by atoms with Gasteiger partial charge in [-0.1, -0.05) is 13.8 Å². The maximum absolute atomic E-state index is 12.4. The number of amides is 2. The van der Waals surface area contributed by atoms with Crippen LogP contribution < -0.4 is 5.73 Å². The fourth-order valence-electron chi connectivity index (χ4n) is 2.40. The van der Waals surface area contributed by atoms with E-state index < -0.39 is 5.54 Å². The van der Waals surface area contributed by atoms with Gasteiger partial charge in [0.15, 0.2) is 0 Å². The highest BCUT2D eigenvalue weighted by atomic mass is 16.2. The summed E-state index contributed by atoms with van der Waals surface area (Å²) in [7, 11) is 3.76. The zero-order chi connectivity index (χ0) is 15.3. The number of carbonyl (C=O) groups excluding carboxylic acids is 2. The van der Waals surface area contributed by atoms with Crippen LogP contribution in [-0.4, -0.2) is 78.9 Å². The van der Waals surface area contributed by atoms with Crippen LogP contribution in [0.25, 0.3) is 0 Å². The second-order valence-electron chi connectivity index (χ2n) is 5.77. The first-order valence-corrected chi connectivity index (χ1v) is 7.34. The molecule has 0 aromatic heterocycles. The summed E-state index contributed by atoms with van der Waals surface area (Å²) in [5, 5.41) is 0. The van der Waals surface area contributed by atoms with Gasteiger partial charge in [-0.05, 0) is 26.9 Å². The summed E-state index contributed by atoms with van der Waals surface area (Å²) in [6, 6.07) is 0. The fourth-order valence-corrected chi connectivity index (χ4v) is 2.40. The Balaban J connectivity index is 2.54. The van der Waals surface area contributed by atoms with Gasteiger partial charge in [-0.15, -0.1) is 0 Å². The van der Waals surface area contributed by atoms with E-state index in [1.165, 1.54) is 0 Å². The van der Waals surface area contributed by atoms with Crippen molar-refractivity contribution in [3.05, 3.63) is 0 Å². The molecular formula is C14H28N4O2. The molecule has 116 valence electrons. The van der Waals surface area contributed by atoms with Gasteiger partial charge >= 0.3 is 0 Å². The third kappa shape index (κ3) is 3.93. The van der Waals surface area contributed by atoms with Gasteiger partial charge in [0.05, 0.1) is 12.1 Å². The van der Waals surface area contributed by atoms with Crippen molar-refractivity contribution in [1.82, 2.24) is 14.7 Å². The molecule has 0 spiro atoms. The summed E-state index contributed by atoms with van der Waals surface area (Å²) in [4.78, 5) is 29.9. The molecule has 1 aliphatic rings. The number of hydrogen-bond donors (Lipinski definition) is 1. The van der Waals surface area contributed by atoms with Gasteiger partial charge in [-0.3, -0.25) is 9.59 Å². The lowest BCUT2D eigenvalue weighted by atomic mass is 9.92. The van der Waals surface area contributed by atoms with Crippen molar-refractivity contribution < 1.29 is 9.59 Å². The first-order valence-electron chi connectivity index (χ1n) is 7.34. The highest BCUT2D eigenvalue weighted by Gasteiger charge is 2.35. The number of nitrogens with two attached hydrogens (primary N) is 1. The van der Waals surface area contributed by atoms with Crippen LogP contribution in [0.3, 0.4) is 0 Å². The molecule has 6 nitrogen and oxygen atoms in total. The summed E-state index contributed by atoms with van der Waals surface area (Å²) in [6.07, 6.45) is 1.28. The van der Waals surface area contributed by atoms with Crippen molar-refractivity contribution in [3.8, 4) is 0 Å². The molecule has 1 heterocycles. The zero-order valence-electron chi connectivity index (χ0n) is 13.2. The number of piperazine rings is 1. The van der Waals surface area contributed by atoms with Crippen LogP contribution in [0.4, 0.5) is 0 Å². The molecule has 0 bridgehead atoms. The molecule has 0 atom stereocenters. The minimum absolute atomic E-state index is 0.0159. The molecule has 0 aliphatic carbocycles. The number of likely N-dealkylation sites (N-methyl/N-ethyl adjacent to an activating group) is 1. The van der Waals surface area contributed by atoms with Crippen molar-refractivity contribution >= 4 is 11.8 Å². The van der Waals surface area contributed by atoms with E-state index in [9.17, 15) is 9.59 Å². The normalized spacial score (nSPS) is 16.7. The second-order valence-corrected chi connectivity index (χ2v) is 5.77. The number of hydrogen-bond acceptors (Lipinski definition) is 4. The van der Waals surface area contributed by atoms with Gasteiger partial charge < -0.3 is 20.4 Å². The minimum Gasteiger partial charge on any atom is -0.338 e. The summed E-state index contributed by atoms with van der Waals surface area (Å²) < 4.78 is 0. The van der Waals surface area contributed by atoms with Crippen LogP contribution in [-0.2, 0) is 9.59 Å². The predicted molar refractivity (Wildman–Crippen MR) is 79.2 cm³/mol. The average Bonchev–Trinajstić information content (AvgIpc) is 2.45. The third-order valence-corrected chi connectivity index (χ3v) is 4.06. The first-order chi connectivity index (χ1) is 9.34. The van der Waals surface area contributed by atoms with Crippen LogP contribution in [0.1, 0.15) is 26.7 Å². The molecule has 6 heteroatoms. The lowest BCUT2D eigenvalue weighted by molar-refractivity contribution is -0.143. The van der Waals surface area contributed by atoms with E-state index in [1.807, 2.05) is 37.7 Å². The van der Waals surface area contributed by atoms with Crippen LogP contribution in [0, 0.1) is 0 Å². The largest absolute Gasteiger partial charge is 0.338 e. The molecule has 0 aromatic carbocycles. The van der Waals surface area contributed by atoms with Crippen molar-refractivity contribution in [2.24, 2.45) is 5.73 Å². The van der Waals surface area contributed by atoms with Crippen molar-refractivity contribution in [1.29, 1.82) is 0 Å². The Hall–Kier alpha value is -1.14. The van der Waals surface area contributed by atoms with Gasteiger partial charge in [0.1, 0.15) is 0 Å².